The number of ether oxygens (including phenoxy) is 2. The minimum atomic E-state index is -0.0176. The van der Waals surface area contributed by atoms with Crippen LogP contribution < -0.4 is 26.0 Å². The quantitative estimate of drug-likeness (QED) is 0.387. The predicted octanol–water partition coefficient (Wildman–Crippen LogP) is 4.27. The van der Waals surface area contributed by atoms with Gasteiger partial charge in [0.25, 0.3) is 0 Å². The van der Waals surface area contributed by atoms with Crippen LogP contribution >= 0.6 is 0 Å². The number of piperidine rings is 1. The van der Waals surface area contributed by atoms with Gasteiger partial charge in [0.1, 0.15) is 11.9 Å². The molecule has 0 radical (unpaired) electrons. The Morgan fingerprint density at radius 1 is 1.05 bits per heavy atom. The van der Waals surface area contributed by atoms with Gasteiger partial charge in [0.05, 0.1) is 24.6 Å². The molecule has 2 aromatic carbocycles. The number of aromatic nitrogens is 2. The highest BCUT2D eigenvalue weighted by atomic mass is 16.5. The molecule has 10 nitrogen and oxygen atoms in total. The van der Waals surface area contributed by atoms with E-state index < -0.39 is 0 Å². The predicted molar refractivity (Wildman–Crippen MR) is 154 cm³/mol. The lowest BCUT2D eigenvalue weighted by atomic mass is 10.1. The number of likely N-dealkylation sites (tertiary alicyclic amines) is 1. The molecule has 0 atom stereocenters. The van der Waals surface area contributed by atoms with E-state index in [4.69, 9.17) is 20.2 Å². The SMILES string of the molecule is CC(C)NC(=O)N1CCC(Oc2ccc(-c3ccnc(Nc4ccc(N5CCOCC5)cc4)n3)cc2N)CC1. The monoisotopic (exact) mass is 531 g/mol. The zero-order valence-electron chi connectivity index (χ0n) is 22.6. The molecule has 0 bridgehead atoms. The molecule has 39 heavy (non-hydrogen) atoms. The smallest absolute Gasteiger partial charge is 0.317 e. The molecule has 5 rings (SSSR count). The van der Waals surface area contributed by atoms with E-state index in [1.807, 2.05) is 55.1 Å². The third-order valence-electron chi connectivity index (χ3n) is 6.90. The molecule has 2 fully saturated rings. The number of nitrogens with two attached hydrogens (primary N) is 1. The van der Waals surface area contributed by atoms with Gasteiger partial charge in [-0.3, -0.25) is 0 Å². The summed E-state index contributed by atoms with van der Waals surface area (Å²) in [5.41, 5.74) is 10.7. The fraction of sp³-hybridized carbons (Fsp3) is 0.414. The fourth-order valence-electron chi connectivity index (χ4n) is 4.80. The molecule has 2 aliphatic rings. The van der Waals surface area contributed by atoms with Crippen LogP contribution in [0.25, 0.3) is 11.3 Å². The van der Waals surface area contributed by atoms with Gasteiger partial charge in [-0.2, -0.15) is 0 Å². The number of benzene rings is 2. The molecule has 206 valence electrons. The van der Waals surface area contributed by atoms with Gasteiger partial charge in [0, 0.05) is 68.2 Å². The van der Waals surface area contributed by atoms with E-state index in [9.17, 15) is 4.79 Å². The highest BCUT2D eigenvalue weighted by Crippen LogP contribution is 2.30. The number of carbonyl (C=O) groups excluding carboxylic acids is 1. The summed E-state index contributed by atoms with van der Waals surface area (Å²) in [7, 11) is 0. The van der Waals surface area contributed by atoms with Crippen molar-refractivity contribution in [1.82, 2.24) is 20.2 Å². The molecule has 3 heterocycles. The van der Waals surface area contributed by atoms with Crippen LogP contribution in [0.3, 0.4) is 0 Å². The van der Waals surface area contributed by atoms with Crippen molar-refractivity contribution >= 4 is 29.0 Å². The fourth-order valence-corrected chi connectivity index (χ4v) is 4.80. The maximum absolute atomic E-state index is 12.2. The number of nitrogens with one attached hydrogen (secondary N) is 2. The molecule has 4 N–H and O–H groups in total. The van der Waals surface area contributed by atoms with E-state index in [0.29, 0.717) is 30.5 Å². The molecule has 2 aliphatic heterocycles. The zero-order chi connectivity index (χ0) is 27.2. The molecule has 0 aliphatic carbocycles. The molecule has 0 saturated carbocycles. The van der Waals surface area contributed by atoms with Gasteiger partial charge in [-0.15, -0.1) is 0 Å². The van der Waals surface area contributed by atoms with E-state index in [-0.39, 0.29) is 18.2 Å². The van der Waals surface area contributed by atoms with Crippen LogP contribution in [0.4, 0.5) is 27.8 Å². The Morgan fingerprint density at radius 2 is 1.79 bits per heavy atom. The van der Waals surface area contributed by atoms with Crippen LogP contribution in [0.2, 0.25) is 0 Å². The third kappa shape index (κ3) is 6.88. The van der Waals surface area contributed by atoms with Gasteiger partial charge < -0.3 is 35.6 Å². The van der Waals surface area contributed by atoms with Crippen LogP contribution in [0.15, 0.2) is 54.7 Å². The van der Waals surface area contributed by atoms with Crippen LogP contribution in [-0.4, -0.2) is 72.4 Å². The molecule has 2 saturated heterocycles. The number of hydrogen-bond donors (Lipinski definition) is 3. The Kier molecular flexibility index (Phi) is 8.31. The summed E-state index contributed by atoms with van der Waals surface area (Å²) in [5.74, 6) is 1.16. The normalized spacial score (nSPS) is 16.3. The first-order valence-corrected chi connectivity index (χ1v) is 13.6. The van der Waals surface area contributed by atoms with Gasteiger partial charge in [0.2, 0.25) is 5.95 Å². The third-order valence-corrected chi connectivity index (χ3v) is 6.90. The molecular weight excluding hydrogens is 494 g/mol. The highest BCUT2D eigenvalue weighted by Gasteiger charge is 2.24. The van der Waals surface area contributed by atoms with Gasteiger partial charge in [-0.1, -0.05) is 0 Å². The maximum atomic E-state index is 12.2. The molecule has 0 unspecified atom stereocenters. The van der Waals surface area contributed by atoms with Gasteiger partial charge in [0.15, 0.2) is 0 Å². The minimum absolute atomic E-state index is 0.0176. The Balaban J connectivity index is 1.18. The standard InChI is InChI=1S/C29H37N7O3/c1-20(2)32-29(37)36-13-10-24(11-14-36)39-27-8-3-21(19-25(27)30)26-9-12-31-28(34-26)33-22-4-6-23(7-5-22)35-15-17-38-18-16-35/h3-9,12,19-20,24H,10-11,13-18,30H2,1-2H3,(H,32,37)(H,31,33,34). The second-order valence-electron chi connectivity index (χ2n) is 10.2. The molecular formula is C29H37N7O3. The summed E-state index contributed by atoms with van der Waals surface area (Å²) in [6.45, 7) is 8.57. The summed E-state index contributed by atoms with van der Waals surface area (Å²) in [6.07, 6.45) is 3.28. The summed E-state index contributed by atoms with van der Waals surface area (Å²) in [5, 5.41) is 6.24. The average Bonchev–Trinajstić information content (AvgIpc) is 2.95. The highest BCUT2D eigenvalue weighted by molar-refractivity contribution is 5.74. The lowest BCUT2D eigenvalue weighted by molar-refractivity contribution is 0.111. The first-order valence-electron chi connectivity index (χ1n) is 13.6. The first kappa shape index (κ1) is 26.6. The van der Waals surface area contributed by atoms with E-state index in [0.717, 1.165) is 56.1 Å². The molecule has 2 amide bonds. The Bertz CT molecular complexity index is 1250. The lowest BCUT2D eigenvalue weighted by Crippen LogP contribution is -2.48. The summed E-state index contributed by atoms with van der Waals surface area (Å²) >= 11 is 0. The maximum Gasteiger partial charge on any atom is 0.317 e. The van der Waals surface area contributed by atoms with Crippen molar-refractivity contribution in [3.05, 3.63) is 54.7 Å². The van der Waals surface area contributed by atoms with Crippen molar-refractivity contribution in [1.29, 1.82) is 0 Å². The van der Waals surface area contributed by atoms with Crippen molar-refractivity contribution in [3.63, 3.8) is 0 Å². The summed E-state index contributed by atoms with van der Waals surface area (Å²) in [6, 6.07) is 16.0. The Labute approximate surface area is 229 Å². The van der Waals surface area contributed by atoms with Crippen LogP contribution in [0, 0.1) is 0 Å². The van der Waals surface area contributed by atoms with Crippen molar-refractivity contribution in [2.45, 2.75) is 38.8 Å². The topological polar surface area (TPSA) is 118 Å². The van der Waals surface area contributed by atoms with Gasteiger partial charge in [-0.25, -0.2) is 14.8 Å². The van der Waals surface area contributed by atoms with E-state index in [1.54, 1.807) is 6.20 Å². The number of morpholine rings is 1. The van der Waals surface area contributed by atoms with E-state index >= 15 is 0 Å². The number of nitrogen functional groups attached to an aromatic ring is 1. The second-order valence-corrected chi connectivity index (χ2v) is 10.2. The number of rotatable bonds is 7. The van der Waals surface area contributed by atoms with Crippen LogP contribution in [0.5, 0.6) is 5.75 Å². The largest absolute Gasteiger partial charge is 0.488 e. The van der Waals surface area contributed by atoms with Crippen molar-refractivity contribution in [3.8, 4) is 17.0 Å². The van der Waals surface area contributed by atoms with Crippen LogP contribution in [0.1, 0.15) is 26.7 Å². The van der Waals surface area contributed by atoms with Crippen molar-refractivity contribution in [2.24, 2.45) is 0 Å². The summed E-state index contributed by atoms with van der Waals surface area (Å²) in [4.78, 5) is 25.5. The number of anilines is 4. The number of hydrogen-bond acceptors (Lipinski definition) is 8. The molecule has 1 aromatic heterocycles. The Morgan fingerprint density at radius 3 is 2.49 bits per heavy atom. The number of nitrogens with zero attached hydrogens (tertiary/aromatic N) is 4. The van der Waals surface area contributed by atoms with E-state index in [2.05, 4.69) is 32.7 Å². The van der Waals surface area contributed by atoms with Gasteiger partial charge in [-0.05, 0) is 62.4 Å². The van der Waals surface area contributed by atoms with Crippen molar-refractivity contribution < 1.29 is 14.3 Å². The van der Waals surface area contributed by atoms with Crippen molar-refractivity contribution in [2.75, 3.05) is 55.3 Å². The average molecular weight is 532 g/mol. The number of urea groups is 1. The summed E-state index contributed by atoms with van der Waals surface area (Å²) < 4.78 is 11.6. The molecule has 0 spiro atoms. The second kappa shape index (κ2) is 12.2. The van der Waals surface area contributed by atoms with Gasteiger partial charge >= 0.3 is 6.03 Å². The molecule has 3 aromatic rings. The minimum Gasteiger partial charge on any atom is -0.488 e. The molecule has 10 heteroatoms. The lowest BCUT2D eigenvalue weighted by Gasteiger charge is -2.33. The first-order chi connectivity index (χ1) is 18.9. The van der Waals surface area contributed by atoms with E-state index in [1.165, 1.54) is 5.69 Å². The van der Waals surface area contributed by atoms with Crippen LogP contribution in [-0.2, 0) is 4.74 Å². The zero-order valence-corrected chi connectivity index (χ0v) is 22.6. The number of amides is 2. The Hall–Kier alpha value is -4.05. The number of carbonyl (C=O) groups is 1.